The van der Waals surface area contributed by atoms with E-state index in [4.69, 9.17) is 27.9 Å². The summed E-state index contributed by atoms with van der Waals surface area (Å²) in [6, 6.07) is 13.2. The number of benzene rings is 3. The Morgan fingerprint density at radius 1 is 0.933 bits per heavy atom. The highest BCUT2D eigenvalue weighted by Gasteiger charge is 2.21. The van der Waals surface area contributed by atoms with Crippen LogP contribution in [-0.4, -0.2) is 16.1 Å². The Morgan fingerprint density at radius 3 is 2.33 bits per heavy atom. The Kier molecular flexibility index (Phi) is 6.29. The molecule has 30 heavy (non-hydrogen) atoms. The first-order chi connectivity index (χ1) is 14.2. The molecule has 0 heterocycles. The molecule has 152 valence electrons. The third-order valence-electron chi connectivity index (χ3n) is 4.05. The maximum atomic E-state index is 11.2. The van der Waals surface area contributed by atoms with E-state index in [9.17, 15) is 20.2 Å². The van der Waals surface area contributed by atoms with Crippen molar-refractivity contribution in [3.05, 3.63) is 96.0 Å². The second kappa shape index (κ2) is 8.89. The van der Waals surface area contributed by atoms with E-state index in [2.05, 4.69) is 4.99 Å². The Balaban J connectivity index is 1.86. The molecule has 0 spiro atoms. The minimum Gasteiger partial charge on any atom is -0.449 e. The lowest BCUT2D eigenvalue weighted by Gasteiger charge is -2.08. The molecule has 0 aliphatic carbocycles. The van der Waals surface area contributed by atoms with Gasteiger partial charge in [-0.05, 0) is 54.4 Å². The molecule has 8 nitrogen and oxygen atoms in total. The summed E-state index contributed by atoms with van der Waals surface area (Å²) < 4.78 is 5.53. The molecule has 0 aliphatic rings. The molecule has 3 aromatic rings. The van der Waals surface area contributed by atoms with Crippen LogP contribution in [0, 0.1) is 27.2 Å². The zero-order valence-electron chi connectivity index (χ0n) is 15.4. The molecular formula is C20H13Cl2N3O5. The monoisotopic (exact) mass is 445 g/mol. The van der Waals surface area contributed by atoms with Crippen LogP contribution in [0.4, 0.5) is 17.1 Å². The van der Waals surface area contributed by atoms with Gasteiger partial charge in [0.25, 0.3) is 5.69 Å². The first-order valence-corrected chi connectivity index (χ1v) is 9.20. The minimum atomic E-state index is -0.759. The van der Waals surface area contributed by atoms with E-state index in [0.29, 0.717) is 16.3 Å². The third kappa shape index (κ3) is 4.91. The maximum Gasteiger partial charge on any atom is 0.318 e. The smallest absolute Gasteiger partial charge is 0.318 e. The van der Waals surface area contributed by atoms with Crippen LogP contribution < -0.4 is 4.74 Å². The van der Waals surface area contributed by atoms with E-state index >= 15 is 0 Å². The van der Waals surface area contributed by atoms with Gasteiger partial charge in [-0.15, -0.1) is 0 Å². The number of nitrogens with zero attached hydrogens (tertiary/aromatic N) is 3. The third-order valence-corrected chi connectivity index (χ3v) is 4.58. The van der Waals surface area contributed by atoms with Gasteiger partial charge in [0.2, 0.25) is 5.75 Å². The van der Waals surface area contributed by atoms with Crippen molar-refractivity contribution in [2.45, 2.75) is 6.92 Å². The van der Waals surface area contributed by atoms with E-state index in [-0.39, 0.29) is 16.5 Å². The fourth-order valence-electron chi connectivity index (χ4n) is 2.51. The summed E-state index contributed by atoms with van der Waals surface area (Å²) in [5.41, 5.74) is 1.38. The number of nitro benzene ring substituents is 2. The molecule has 0 unspecified atom stereocenters. The lowest BCUT2D eigenvalue weighted by molar-refractivity contribution is -0.394. The second-order valence-corrected chi connectivity index (χ2v) is 6.99. The molecule has 10 heteroatoms. The highest BCUT2D eigenvalue weighted by molar-refractivity contribution is 6.32. The number of aliphatic imine (C=N–C) groups is 1. The zero-order chi connectivity index (χ0) is 21.8. The van der Waals surface area contributed by atoms with E-state index in [1.54, 1.807) is 30.5 Å². The van der Waals surface area contributed by atoms with Crippen molar-refractivity contribution in [2.75, 3.05) is 0 Å². The molecule has 0 N–H and O–H groups in total. The molecule has 3 aromatic carbocycles. The molecule has 0 atom stereocenters. The van der Waals surface area contributed by atoms with Gasteiger partial charge < -0.3 is 4.74 Å². The molecule has 0 aromatic heterocycles. The van der Waals surface area contributed by atoms with Crippen molar-refractivity contribution in [3.8, 4) is 11.5 Å². The Labute approximate surface area is 180 Å². The molecule has 3 rings (SSSR count). The normalized spacial score (nSPS) is 10.9. The number of nitro groups is 2. The van der Waals surface area contributed by atoms with E-state index < -0.39 is 21.2 Å². The first-order valence-electron chi connectivity index (χ1n) is 8.45. The van der Waals surface area contributed by atoms with Gasteiger partial charge in [-0.1, -0.05) is 29.3 Å². The first kappa shape index (κ1) is 21.2. The summed E-state index contributed by atoms with van der Waals surface area (Å²) in [6.45, 7) is 1.91. The van der Waals surface area contributed by atoms with Crippen LogP contribution in [0.5, 0.6) is 11.5 Å². The molecule has 0 saturated heterocycles. The number of ether oxygens (including phenoxy) is 1. The Morgan fingerprint density at radius 2 is 1.67 bits per heavy atom. The van der Waals surface area contributed by atoms with Crippen molar-refractivity contribution < 1.29 is 14.6 Å². The van der Waals surface area contributed by atoms with E-state index in [1.165, 1.54) is 6.07 Å². The predicted molar refractivity (Wildman–Crippen MR) is 115 cm³/mol. The summed E-state index contributed by atoms with van der Waals surface area (Å²) >= 11 is 12.2. The van der Waals surface area contributed by atoms with Crippen molar-refractivity contribution in [3.63, 3.8) is 0 Å². The Hall–Kier alpha value is -3.49. The largest absolute Gasteiger partial charge is 0.449 e. The van der Waals surface area contributed by atoms with Crippen LogP contribution in [0.2, 0.25) is 10.0 Å². The van der Waals surface area contributed by atoms with Crippen LogP contribution in [-0.2, 0) is 0 Å². The zero-order valence-corrected chi connectivity index (χ0v) is 16.9. The quantitative estimate of drug-likeness (QED) is 0.239. The molecular weight excluding hydrogens is 433 g/mol. The maximum absolute atomic E-state index is 11.2. The van der Waals surface area contributed by atoms with Gasteiger partial charge >= 0.3 is 5.69 Å². The fourth-order valence-corrected chi connectivity index (χ4v) is 2.91. The van der Waals surface area contributed by atoms with Crippen LogP contribution in [0.3, 0.4) is 0 Å². The lowest BCUT2D eigenvalue weighted by atomic mass is 10.2. The summed E-state index contributed by atoms with van der Waals surface area (Å²) in [5, 5.41) is 22.8. The summed E-state index contributed by atoms with van der Waals surface area (Å²) in [4.78, 5) is 25.0. The molecule has 0 fully saturated rings. The SMILES string of the molecule is Cc1ccc(Cl)cc1N=Cc1ccc(Oc2ccc([N+](=O)[O-])cc2[N+](=O)[O-])c(Cl)c1. The molecule has 0 bridgehead atoms. The number of rotatable bonds is 6. The fraction of sp³-hybridized carbons (Fsp3) is 0.0500. The molecule has 0 radical (unpaired) electrons. The highest BCUT2D eigenvalue weighted by atomic mass is 35.5. The number of aryl methyl sites for hydroxylation is 1. The standard InChI is InChI=1S/C20H13Cl2N3O5/c1-12-2-4-14(21)9-17(12)23-11-13-3-6-19(16(22)8-13)30-20-7-5-15(24(26)27)10-18(20)25(28)29/h2-11H,1H3. The number of non-ortho nitro benzene ring substituents is 1. The van der Waals surface area contributed by atoms with E-state index in [0.717, 1.165) is 23.8 Å². The highest BCUT2D eigenvalue weighted by Crippen LogP contribution is 2.37. The van der Waals surface area contributed by atoms with Crippen molar-refractivity contribution in [2.24, 2.45) is 4.99 Å². The van der Waals surface area contributed by atoms with Crippen molar-refractivity contribution >= 4 is 46.5 Å². The summed E-state index contributed by atoms with van der Waals surface area (Å²) in [6.07, 6.45) is 1.60. The average Bonchev–Trinajstić information content (AvgIpc) is 2.70. The number of hydrogen-bond donors (Lipinski definition) is 0. The van der Waals surface area contributed by atoms with Crippen molar-refractivity contribution in [1.82, 2.24) is 0 Å². The topological polar surface area (TPSA) is 108 Å². The molecule has 0 saturated carbocycles. The van der Waals surface area contributed by atoms with Gasteiger partial charge in [0, 0.05) is 17.3 Å². The van der Waals surface area contributed by atoms with Gasteiger partial charge in [-0.2, -0.15) is 0 Å². The minimum absolute atomic E-state index is 0.157. The van der Waals surface area contributed by atoms with Crippen molar-refractivity contribution in [1.29, 1.82) is 0 Å². The lowest BCUT2D eigenvalue weighted by Crippen LogP contribution is -1.96. The van der Waals surface area contributed by atoms with Gasteiger partial charge in [-0.3, -0.25) is 25.2 Å². The second-order valence-electron chi connectivity index (χ2n) is 6.15. The van der Waals surface area contributed by atoms with Crippen LogP contribution in [0.25, 0.3) is 0 Å². The summed E-state index contributed by atoms with van der Waals surface area (Å²) in [7, 11) is 0. The molecule has 0 amide bonds. The van der Waals surface area contributed by atoms with Gasteiger partial charge in [0.05, 0.1) is 26.6 Å². The summed E-state index contributed by atoms with van der Waals surface area (Å²) in [5.74, 6) is -0.00632. The van der Waals surface area contributed by atoms with Crippen LogP contribution in [0.1, 0.15) is 11.1 Å². The molecule has 0 aliphatic heterocycles. The van der Waals surface area contributed by atoms with Gasteiger partial charge in [-0.25, -0.2) is 0 Å². The van der Waals surface area contributed by atoms with Crippen LogP contribution in [0.15, 0.2) is 59.6 Å². The predicted octanol–water partition coefficient (Wildman–Crippen LogP) is 6.66. The average molecular weight is 446 g/mol. The number of halogens is 2. The van der Waals surface area contributed by atoms with E-state index in [1.807, 2.05) is 13.0 Å². The van der Waals surface area contributed by atoms with Crippen LogP contribution >= 0.6 is 23.2 Å². The van der Waals surface area contributed by atoms with Gasteiger partial charge in [0.15, 0.2) is 0 Å². The number of hydrogen-bond acceptors (Lipinski definition) is 6. The van der Waals surface area contributed by atoms with Gasteiger partial charge in [0.1, 0.15) is 5.75 Å². The Bertz CT molecular complexity index is 1180.